The summed E-state index contributed by atoms with van der Waals surface area (Å²) in [5.74, 6) is 0.245. The van der Waals surface area contributed by atoms with Crippen LogP contribution in [0.5, 0.6) is 5.75 Å². The van der Waals surface area contributed by atoms with E-state index in [-0.39, 0.29) is 37.0 Å². The molecule has 2 aromatic carbocycles. The van der Waals surface area contributed by atoms with Crippen LogP contribution >= 0.6 is 0 Å². The minimum Gasteiger partial charge on any atom is -0.497 e. The second kappa shape index (κ2) is 12.8. The maximum atomic E-state index is 12.6. The van der Waals surface area contributed by atoms with Crippen molar-refractivity contribution in [3.8, 4) is 5.75 Å². The van der Waals surface area contributed by atoms with E-state index < -0.39 is 0 Å². The number of hydrogen-bond donors (Lipinski definition) is 2. The zero-order valence-corrected chi connectivity index (χ0v) is 21.3. The standard InChI is InChI=1S/C26H35N5O5/c1-19(2)31(25(33)18-35-3)17-24(32)27-20-5-9-22(10-6-20)29-13-15-30(16-14-29)26(34)28-21-7-11-23(36-4)12-8-21/h5-12,19H,13-18H2,1-4H3,(H,27,32)(H,28,34). The zero-order valence-electron chi connectivity index (χ0n) is 21.3. The normalized spacial score (nSPS) is 13.4. The Hall–Kier alpha value is -3.79. The molecule has 36 heavy (non-hydrogen) atoms. The number of rotatable bonds is 9. The number of nitrogens with zero attached hydrogens (tertiary/aromatic N) is 3. The molecule has 1 aliphatic rings. The predicted octanol–water partition coefficient (Wildman–Crippen LogP) is 2.87. The third-order valence-corrected chi connectivity index (χ3v) is 5.95. The first-order chi connectivity index (χ1) is 17.3. The molecule has 0 saturated carbocycles. The van der Waals surface area contributed by atoms with Crippen LogP contribution in [0.3, 0.4) is 0 Å². The summed E-state index contributed by atoms with van der Waals surface area (Å²) in [6.07, 6.45) is 0. The molecule has 0 atom stereocenters. The Morgan fingerprint density at radius 2 is 1.47 bits per heavy atom. The molecule has 1 saturated heterocycles. The van der Waals surface area contributed by atoms with E-state index in [0.717, 1.165) is 17.1 Å². The molecular formula is C26H35N5O5. The number of ether oxygens (including phenoxy) is 2. The number of anilines is 3. The van der Waals surface area contributed by atoms with Gasteiger partial charge in [-0.3, -0.25) is 9.59 Å². The summed E-state index contributed by atoms with van der Waals surface area (Å²) in [5.41, 5.74) is 2.40. The number of methoxy groups -OCH3 is 2. The van der Waals surface area contributed by atoms with Crippen molar-refractivity contribution in [3.63, 3.8) is 0 Å². The monoisotopic (exact) mass is 497 g/mol. The third-order valence-electron chi connectivity index (χ3n) is 5.95. The minimum absolute atomic E-state index is 0.0395. The number of amides is 4. The number of nitrogens with one attached hydrogen (secondary N) is 2. The van der Waals surface area contributed by atoms with Crippen LogP contribution in [0.25, 0.3) is 0 Å². The average molecular weight is 498 g/mol. The van der Waals surface area contributed by atoms with Gasteiger partial charge in [-0.05, 0) is 62.4 Å². The van der Waals surface area contributed by atoms with Crippen molar-refractivity contribution in [1.29, 1.82) is 0 Å². The highest BCUT2D eigenvalue weighted by Crippen LogP contribution is 2.21. The number of carbonyl (C=O) groups is 3. The predicted molar refractivity (Wildman–Crippen MR) is 140 cm³/mol. The largest absolute Gasteiger partial charge is 0.497 e. The molecule has 1 fully saturated rings. The molecule has 0 bridgehead atoms. The van der Waals surface area contributed by atoms with Crippen molar-refractivity contribution in [1.82, 2.24) is 9.80 Å². The fraction of sp³-hybridized carbons (Fsp3) is 0.423. The molecule has 2 aromatic rings. The van der Waals surface area contributed by atoms with Gasteiger partial charge in [-0.2, -0.15) is 0 Å². The van der Waals surface area contributed by atoms with Gasteiger partial charge in [0.15, 0.2) is 0 Å². The smallest absolute Gasteiger partial charge is 0.321 e. The topological polar surface area (TPSA) is 103 Å². The lowest BCUT2D eigenvalue weighted by Crippen LogP contribution is -2.50. The summed E-state index contributed by atoms with van der Waals surface area (Å²) in [5, 5.41) is 5.76. The summed E-state index contributed by atoms with van der Waals surface area (Å²) < 4.78 is 10.0. The van der Waals surface area contributed by atoms with Gasteiger partial charge in [-0.1, -0.05) is 0 Å². The molecular weight excluding hydrogens is 462 g/mol. The van der Waals surface area contributed by atoms with Crippen LogP contribution in [-0.2, 0) is 14.3 Å². The Balaban J connectivity index is 1.48. The highest BCUT2D eigenvalue weighted by atomic mass is 16.5. The number of carbonyl (C=O) groups excluding carboxylic acids is 3. The summed E-state index contributed by atoms with van der Waals surface area (Å²) in [7, 11) is 3.06. The van der Waals surface area contributed by atoms with Gasteiger partial charge in [0.1, 0.15) is 18.9 Å². The minimum atomic E-state index is -0.266. The lowest BCUT2D eigenvalue weighted by molar-refractivity contribution is -0.139. The van der Waals surface area contributed by atoms with E-state index in [1.165, 1.54) is 12.0 Å². The maximum Gasteiger partial charge on any atom is 0.321 e. The van der Waals surface area contributed by atoms with E-state index in [4.69, 9.17) is 9.47 Å². The second-order valence-corrected chi connectivity index (χ2v) is 8.78. The van der Waals surface area contributed by atoms with Gasteiger partial charge in [-0.25, -0.2) is 4.79 Å². The van der Waals surface area contributed by atoms with Crippen molar-refractivity contribution in [2.45, 2.75) is 19.9 Å². The third kappa shape index (κ3) is 7.35. The van der Waals surface area contributed by atoms with Crippen molar-refractivity contribution in [2.75, 3.05) is 69.1 Å². The van der Waals surface area contributed by atoms with E-state index in [9.17, 15) is 14.4 Å². The van der Waals surface area contributed by atoms with E-state index in [1.54, 1.807) is 24.1 Å². The Morgan fingerprint density at radius 1 is 0.889 bits per heavy atom. The fourth-order valence-electron chi connectivity index (χ4n) is 3.92. The highest BCUT2D eigenvalue weighted by Gasteiger charge is 2.22. The van der Waals surface area contributed by atoms with Gasteiger partial charge >= 0.3 is 6.03 Å². The van der Waals surface area contributed by atoms with Crippen LogP contribution in [-0.4, -0.2) is 87.2 Å². The molecule has 2 N–H and O–H groups in total. The molecule has 4 amide bonds. The lowest BCUT2D eigenvalue weighted by atomic mass is 10.2. The van der Waals surface area contributed by atoms with Gasteiger partial charge < -0.3 is 34.8 Å². The fourth-order valence-corrected chi connectivity index (χ4v) is 3.92. The molecule has 10 heteroatoms. The van der Waals surface area contributed by atoms with Gasteiger partial charge in [0.05, 0.1) is 7.11 Å². The molecule has 0 unspecified atom stereocenters. The highest BCUT2D eigenvalue weighted by molar-refractivity contribution is 5.95. The van der Waals surface area contributed by atoms with Crippen molar-refractivity contribution in [3.05, 3.63) is 48.5 Å². The average Bonchev–Trinajstić information content (AvgIpc) is 2.88. The molecule has 1 heterocycles. The maximum absolute atomic E-state index is 12.6. The summed E-state index contributed by atoms with van der Waals surface area (Å²) in [4.78, 5) is 42.7. The van der Waals surface area contributed by atoms with E-state index >= 15 is 0 Å². The van der Waals surface area contributed by atoms with Crippen LogP contribution < -0.4 is 20.3 Å². The van der Waals surface area contributed by atoms with Crippen molar-refractivity contribution < 1.29 is 23.9 Å². The molecule has 0 aliphatic carbocycles. The van der Waals surface area contributed by atoms with E-state index in [0.29, 0.717) is 31.9 Å². The molecule has 0 aromatic heterocycles. The van der Waals surface area contributed by atoms with Gasteiger partial charge in [0, 0.05) is 56.4 Å². The van der Waals surface area contributed by atoms with Crippen LogP contribution in [0.2, 0.25) is 0 Å². The van der Waals surface area contributed by atoms with Crippen molar-refractivity contribution >= 4 is 34.9 Å². The second-order valence-electron chi connectivity index (χ2n) is 8.78. The molecule has 0 spiro atoms. The number of hydrogen-bond acceptors (Lipinski definition) is 6. The molecule has 1 aliphatic heterocycles. The Kier molecular flexibility index (Phi) is 9.52. The first-order valence-electron chi connectivity index (χ1n) is 11.9. The summed E-state index contributed by atoms with van der Waals surface area (Å²) >= 11 is 0. The quantitative estimate of drug-likeness (QED) is 0.552. The summed E-state index contributed by atoms with van der Waals surface area (Å²) in [6, 6.07) is 14.6. The Morgan fingerprint density at radius 3 is 2.03 bits per heavy atom. The van der Waals surface area contributed by atoms with Gasteiger partial charge in [0.25, 0.3) is 0 Å². The van der Waals surface area contributed by atoms with E-state index in [2.05, 4.69) is 15.5 Å². The number of urea groups is 1. The van der Waals surface area contributed by atoms with Crippen LogP contribution in [0.4, 0.5) is 21.9 Å². The van der Waals surface area contributed by atoms with E-state index in [1.807, 2.05) is 50.2 Å². The molecule has 3 rings (SSSR count). The first-order valence-corrected chi connectivity index (χ1v) is 11.9. The SMILES string of the molecule is COCC(=O)N(CC(=O)Nc1ccc(N2CCN(C(=O)Nc3ccc(OC)cc3)CC2)cc1)C(C)C. The van der Waals surface area contributed by atoms with Crippen LogP contribution in [0.15, 0.2) is 48.5 Å². The van der Waals surface area contributed by atoms with Gasteiger partial charge in [-0.15, -0.1) is 0 Å². The number of benzene rings is 2. The Labute approximate surface area is 212 Å². The zero-order chi connectivity index (χ0) is 26.1. The molecule has 0 radical (unpaired) electrons. The molecule has 10 nitrogen and oxygen atoms in total. The molecule has 194 valence electrons. The summed E-state index contributed by atoms with van der Waals surface area (Å²) in [6.45, 7) is 6.22. The first kappa shape index (κ1) is 26.8. The Bertz CT molecular complexity index is 1020. The van der Waals surface area contributed by atoms with Crippen molar-refractivity contribution in [2.24, 2.45) is 0 Å². The van der Waals surface area contributed by atoms with Gasteiger partial charge in [0.2, 0.25) is 11.8 Å². The van der Waals surface area contributed by atoms with Crippen LogP contribution in [0, 0.1) is 0 Å². The number of piperazine rings is 1. The lowest BCUT2D eigenvalue weighted by Gasteiger charge is -2.36. The van der Waals surface area contributed by atoms with Crippen LogP contribution in [0.1, 0.15) is 13.8 Å².